The first-order valence-electron chi connectivity index (χ1n) is 12.0. The summed E-state index contributed by atoms with van der Waals surface area (Å²) in [6, 6.07) is 22.6. The quantitative estimate of drug-likeness (QED) is 0.357. The standard InChI is InChI=1S/C22H19N3.C7H7N5O/c1-3-20-16-18-9-7-8-17(12-13-19-14-15-24(2)23-19)22(18)25(20)21-10-5-4-6-11-21;8-5-4(6(9)13)7-10-2-1-3-12(7)11-5/h4-11,14-16H,3H2,1-2H3;1-3H,(H2,8,11)(H2,9,13). The van der Waals surface area contributed by atoms with Gasteiger partial charge in [0.05, 0.1) is 5.52 Å². The molecule has 6 aromatic rings. The van der Waals surface area contributed by atoms with Crippen molar-refractivity contribution in [3.8, 4) is 17.5 Å². The lowest BCUT2D eigenvalue weighted by molar-refractivity contribution is 0.100. The van der Waals surface area contributed by atoms with Crippen molar-refractivity contribution in [2.45, 2.75) is 13.3 Å². The average Bonchev–Trinajstić information content (AvgIpc) is 3.62. The van der Waals surface area contributed by atoms with Crippen LogP contribution in [0.1, 0.15) is 34.2 Å². The number of nitrogen functional groups attached to an aromatic ring is 1. The minimum absolute atomic E-state index is 0.103. The van der Waals surface area contributed by atoms with E-state index in [1.54, 1.807) is 23.1 Å². The SMILES string of the molecule is CCc1cc2cccc(C#Cc3ccn(C)n3)c2n1-c1ccccc1.NC(=O)c1c(N)nn2cccnc12. The molecular weight excluding hydrogens is 476 g/mol. The third kappa shape index (κ3) is 4.70. The molecule has 4 N–H and O–H groups in total. The Morgan fingerprint density at radius 2 is 1.79 bits per heavy atom. The minimum atomic E-state index is -0.619. The van der Waals surface area contributed by atoms with Crippen molar-refractivity contribution in [3.05, 3.63) is 108 Å². The maximum Gasteiger partial charge on any atom is 0.256 e. The Morgan fingerprint density at radius 1 is 0.974 bits per heavy atom. The molecule has 4 aromatic heterocycles. The van der Waals surface area contributed by atoms with Crippen molar-refractivity contribution >= 4 is 28.3 Å². The van der Waals surface area contributed by atoms with Crippen molar-refractivity contribution in [2.24, 2.45) is 12.8 Å². The number of fused-ring (bicyclic) bond motifs is 2. The molecule has 9 heteroatoms. The lowest BCUT2D eigenvalue weighted by Crippen LogP contribution is -2.12. The van der Waals surface area contributed by atoms with E-state index in [2.05, 4.69) is 87.0 Å². The lowest BCUT2D eigenvalue weighted by Gasteiger charge is -2.10. The molecule has 9 nitrogen and oxygen atoms in total. The van der Waals surface area contributed by atoms with Gasteiger partial charge in [0.15, 0.2) is 11.5 Å². The van der Waals surface area contributed by atoms with E-state index < -0.39 is 5.91 Å². The highest BCUT2D eigenvalue weighted by Gasteiger charge is 2.15. The number of para-hydroxylation sites is 2. The van der Waals surface area contributed by atoms with Crippen LogP contribution in [0.25, 0.3) is 22.2 Å². The molecule has 0 unspecified atom stereocenters. The molecule has 0 radical (unpaired) electrons. The van der Waals surface area contributed by atoms with Gasteiger partial charge in [-0.15, -0.1) is 5.10 Å². The Hall–Kier alpha value is -5.36. The molecule has 0 atom stereocenters. The summed E-state index contributed by atoms with van der Waals surface area (Å²) >= 11 is 0. The maximum atomic E-state index is 10.9. The highest BCUT2D eigenvalue weighted by atomic mass is 16.1. The lowest BCUT2D eigenvalue weighted by atomic mass is 10.1. The number of aryl methyl sites for hydroxylation is 2. The van der Waals surface area contributed by atoms with E-state index in [1.807, 2.05) is 25.4 Å². The molecule has 4 heterocycles. The van der Waals surface area contributed by atoms with Crippen LogP contribution in [-0.4, -0.2) is 34.9 Å². The van der Waals surface area contributed by atoms with Gasteiger partial charge in [0.25, 0.3) is 5.91 Å². The van der Waals surface area contributed by atoms with Crippen LogP contribution in [0.2, 0.25) is 0 Å². The van der Waals surface area contributed by atoms with Gasteiger partial charge in [-0.1, -0.05) is 43.2 Å². The molecule has 0 bridgehead atoms. The van der Waals surface area contributed by atoms with E-state index in [-0.39, 0.29) is 11.4 Å². The molecule has 188 valence electrons. The van der Waals surface area contributed by atoms with Crippen LogP contribution >= 0.6 is 0 Å². The largest absolute Gasteiger partial charge is 0.381 e. The van der Waals surface area contributed by atoms with E-state index >= 15 is 0 Å². The Morgan fingerprint density at radius 3 is 2.50 bits per heavy atom. The Balaban J connectivity index is 0.000000190. The van der Waals surface area contributed by atoms with Crippen molar-refractivity contribution < 1.29 is 4.79 Å². The third-order valence-electron chi connectivity index (χ3n) is 5.98. The number of anilines is 1. The number of hydrogen-bond acceptors (Lipinski definition) is 5. The van der Waals surface area contributed by atoms with E-state index in [9.17, 15) is 4.79 Å². The van der Waals surface area contributed by atoms with Crippen molar-refractivity contribution in [1.29, 1.82) is 0 Å². The zero-order valence-electron chi connectivity index (χ0n) is 21.0. The molecule has 38 heavy (non-hydrogen) atoms. The first kappa shape index (κ1) is 24.3. The summed E-state index contributed by atoms with van der Waals surface area (Å²) in [6.07, 6.45) is 6.07. The van der Waals surface area contributed by atoms with Crippen LogP contribution in [0.15, 0.2) is 85.3 Å². The molecule has 0 aliphatic heterocycles. The fourth-order valence-electron chi connectivity index (χ4n) is 4.30. The second kappa shape index (κ2) is 10.3. The fraction of sp³-hybridized carbons (Fsp3) is 0.103. The van der Waals surface area contributed by atoms with Crippen molar-refractivity contribution in [2.75, 3.05) is 5.73 Å². The predicted octanol–water partition coefficient (Wildman–Crippen LogP) is 3.74. The molecule has 6 rings (SSSR count). The third-order valence-corrected chi connectivity index (χ3v) is 5.98. The van der Waals surface area contributed by atoms with Gasteiger partial charge >= 0.3 is 0 Å². The van der Waals surface area contributed by atoms with Crippen LogP contribution < -0.4 is 11.5 Å². The van der Waals surface area contributed by atoms with Crippen LogP contribution in [0.4, 0.5) is 5.82 Å². The summed E-state index contributed by atoms with van der Waals surface area (Å²) in [7, 11) is 1.90. The van der Waals surface area contributed by atoms with Gasteiger partial charge in [-0.3, -0.25) is 9.48 Å². The van der Waals surface area contributed by atoms with Gasteiger partial charge in [0, 0.05) is 48.0 Å². The maximum absolute atomic E-state index is 10.9. The topological polar surface area (TPSA) is 122 Å². The second-order valence-corrected chi connectivity index (χ2v) is 8.54. The number of nitrogens with two attached hydrogens (primary N) is 2. The number of amides is 1. The van der Waals surface area contributed by atoms with Gasteiger partial charge in [0.1, 0.15) is 11.3 Å². The summed E-state index contributed by atoms with van der Waals surface area (Å²) < 4.78 is 5.50. The van der Waals surface area contributed by atoms with E-state index in [0.717, 1.165) is 23.2 Å². The van der Waals surface area contributed by atoms with Crippen LogP contribution in [0.3, 0.4) is 0 Å². The van der Waals surface area contributed by atoms with Gasteiger partial charge in [-0.2, -0.15) is 5.10 Å². The minimum Gasteiger partial charge on any atom is -0.381 e. The van der Waals surface area contributed by atoms with Gasteiger partial charge in [-0.05, 0) is 48.7 Å². The number of hydrogen-bond donors (Lipinski definition) is 2. The summed E-state index contributed by atoms with van der Waals surface area (Å²) in [6.45, 7) is 2.19. The Labute approximate surface area is 219 Å². The monoisotopic (exact) mass is 502 g/mol. The molecule has 0 fully saturated rings. The molecule has 2 aromatic carbocycles. The van der Waals surface area contributed by atoms with Crippen LogP contribution in [-0.2, 0) is 13.5 Å². The molecule has 0 saturated heterocycles. The normalized spacial score (nSPS) is 10.6. The number of carbonyl (C=O) groups is 1. The summed E-state index contributed by atoms with van der Waals surface area (Å²) in [5.41, 5.74) is 16.6. The highest BCUT2D eigenvalue weighted by Crippen LogP contribution is 2.27. The van der Waals surface area contributed by atoms with E-state index in [1.165, 1.54) is 21.3 Å². The van der Waals surface area contributed by atoms with E-state index in [4.69, 9.17) is 11.5 Å². The first-order chi connectivity index (χ1) is 18.5. The molecular formula is C29H26N8O. The highest BCUT2D eigenvalue weighted by molar-refractivity contribution is 6.03. The summed E-state index contributed by atoms with van der Waals surface area (Å²) in [4.78, 5) is 14.9. The van der Waals surface area contributed by atoms with Crippen LogP contribution in [0, 0.1) is 11.8 Å². The number of primary amides is 1. The first-order valence-corrected chi connectivity index (χ1v) is 12.0. The molecule has 0 aliphatic carbocycles. The van der Waals surface area contributed by atoms with Crippen molar-refractivity contribution in [1.82, 2.24) is 28.9 Å². The fourth-order valence-corrected chi connectivity index (χ4v) is 4.30. The molecule has 1 amide bonds. The number of aromatic nitrogens is 6. The molecule has 0 saturated carbocycles. The molecule has 0 aliphatic rings. The van der Waals surface area contributed by atoms with Crippen molar-refractivity contribution in [3.63, 3.8) is 0 Å². The van der Waals surface area contributed by atoms with Gasteiger partial charge < -0.3 is 16.0 Å². The Bertz CT molecular complexity index is 1820. The molecule has 0 spiro atoms. The predicted molar refractivity (Wildman–Crippen MR) is 148 cm³/mol. The number of nitrogens with zero attached hydrogens (tertiary/aromatic N) is 6. The van der Waals surface area contributed by atoms with Crippen LogP contribution in [0.5, 0.6) is 0 Å². The zero-order chi connectivity index (χ0) is 26.6. The second-order valence-electron chi connectivity index (χ2n) is 8.54. The van der Waals surface area contributed by atoms with Gasteiger partial charge in [0.2, 0.25) is 0 Å². The number of carbonyl (C=O) groups excluding carboxylic acids is 1. The Kier molecular flexibility index (Phi) is 6.61. The zero-order valence-corrected chi connectivity index (χ0v) is 21.0. The summed E-state index contributed by atoms with van der Waals surface area (Å²) in [5.74, 6) is 5.99. The number of rotatable bonds is 3. The smallest absolute Gasteiger partial charge is 0.256 e. The number of benzene rings is 2. The van der Waals surface area contributed by atoms with E-state index in [0.29, 0.717) is 5.65 Å². The van der Waals surface area contributed by atoms with Gasteiger partial charge in [-0.25, -0.2) is 9.50 Å². The summed E-state index contributed by atoms with van der Waals surface area (Å²) in [5, 5.41) is 9.43. The average molecular weight is 503 g/mol.